The summed E-state index contributed by atoms with van der Waals surface area (Å²) in [7, 11) is 0. The van der Waals surface area contributed by atoms with Crippen LogP contribution in [0.1, 0.15) is 50.2 Å². The summed E-state index contributed by atoms with van der Waals surface area (Å²) in [5.41, 5.74) is 1.33. The van der Waals surface area contributed by atoms with E-state index in [1.54, 1.807) is 6.07 Å². The van der Waals surface area contributed by atoms with Gasteiger partial charge in [0.15, 0.2) is 0 Å². The highest BCUT2D eigenvalue weighted by Crippen LogP contribution is 2.26. The molecule has 2 nitrogen and oxygen atoms in total. The minimum absolute atomic E-state index is 0.272. The molecule has 1 aromatic carbocycles. The Labute approximate surface area is 114 Å². The fraction of sp³-hybridized carbons (Fsp3) is 0.562. The van der Waals surface area contributed by atoms with Gasteiger partial charge in [0.2, 0.25) is 0 Å². The Kier molecular flexibility index (Phi) is 4.93. The van der Waals surface area contributed by atoms with Crippen LogP contribution in [0.25, 0.3) is 0 Å². The van der Waals surface area contributed by atoms with Crippen LogP contribution in [-0.2, 0) is 6.54 Å². The summed E-state index contributed by atoms with van der Waals surface area (Å²) in [6.07, 6.45) is 6.23. The quantitative estimate of drug-likeness (QED) is 0.894. The lowest BCUT2D eigenvalue weighted by Crippen LogP contribution is -2.33. The average molecular weight is 260 g/mol. The number of nitriles is 1. The van der Waals surface area contributed by atoms with Crippen molar-refractivity contribution in [3.05, 3.63) is 35.1 Å². The lowest BCUT2D eigenvalue weighted by atomic mass is 9.84. The number of hydrogen-bond acceptors (Lipinski definition) is 2. The van der Waals surface area contributed by atoms with Crippen molar-refractivity contribution >= 4 is 0 Å². The van der Waals surface area contributed by atoms with Gasteiger partial charge in [0.1, 0.15) is 5.82 Å². The predicted octanol–water partition coefficient (Wildman–Crippen LogP) is 3.76. The first-order valence-electron chi connectivity index (χ1n) is 7.14. The van der Waals surface area contributed by atoms with Gasteiger partial charge in [0.05, 0.1) is 11.6 Å². The van der Waals surface area contributed by atoms with E-state index in [9.17, 15) is 4.39 Å². The Balaban J connectivity index is 1.95. The highest BCUT2D eigenvalue weighted by atomic mass is 19.1. The molecule has 102 valence electrons. The van der Waals surface area contributed by atoms with Gasteiger partial charge < -0.3 is 5.32 Å². The molecule has 1 aliphatic carbocycles. The van der Waals surface area contributed by atoms with Gasteiger partial charge in [-0.1, -0.05) is 26.2 Å². The molecule has 2 atom stereocenters. The average Bonchev–Trinajstić information content (AvgIpc) is 2.45. The minimum Gasteiger partial charge on any atom is -0.310 e. The first-order valence-corrected chi connectivity index (χ1v) is 7.14. The van der Waals surface area contributed by atoms with Gasteiger partial charge in [-0.3, -0.25) is 0 Å². The maximum atomic E-state index is 13.2. The lowest BCUT2D eigenvalue weighted by Gasteiger charge is -2.29. The predicted molar refractivity (Wildman–Crippen MR) is 74.0 cm³/mol. The van der Waals surface area contributed by atoms with E-state index in [0.717, 1.165) is 11.5 Å². The number of benzene rings is 1. The van der Waals surface area contributed by atoms with Gasteiger partial charge in [-0.2, -0.15) is 5.26 Å². The zero-order valence-electron chi connectivity index (χ0n) is 11.5. The maximum absolute atomic E-state index is 13.2. The summed E-state index contributed by atoms with van der Waals surface area (Å²) in [6, 6.07) is 7.00. The van der Waals surface area contributed by atoms with Crippen LogP contribution in [0.2, 0.25) is 0 Å². The first-order chi connectivity index (χ1) is 9.22. The van der Waals surface area contributed by atoms with Crippen molar-refractivity contribution in [2.75, 3.05) is 0 Å². The molecule has 1 fully saturated rings. The Hall–Kier alpha value is -1.40. The molecule has 1 saturated carbocycles. The Bertz CT molecular complexity index is 464. The third-order valence-electron chi connectivity index (χ3n) is 4.13. The molecule has 0 aromatic heterocycles. The number of hydrogen-bond donors (Lipinski definition) is 1. The standard InChI is InChI=1S/C16H21FN2/c1-2-12-4-3-5-16(8-12)19-11-14-9-15(17)7-6-13(14)10-18/h6-7,9,12,16,19H,2-5,8,11H2,1H3. The first kappa shape index (κ1) is 14.0. The molecule has 0 aliphatic heterocycles. The second-order valence-corrected chi connectivity index (χ2v) is 5.43. The van der Waals surface area contributed by atoms with Crippen molar-refractivity contribution in [3.8, 4) is 6.07 Å². The van der Waals surface area contributed by atoms with Crippen LogP contribution in [0.15, 0.2) is 18.2 Å². The fourth-order valence-electron chi connectivity index (χ4n) is 2.92. The number of rotatable bonds is 4. The molecule has 0 radical (unpaired) electrons. The minimum atomic E-state index is -0.272. The maximum Gasteiger partial charge on any atom is 0.123 e. The molecule has 0 bridgehead atoms. The highest BCUT2D eigenvalue weighted by Gasteiger charge is 2.20. The lowest BCUT2D eigenvalue weighted by molar-refractivity contribution is 0.278. The van der Waals surface area contributed by atoms with Crippen molar-refractivity contribution in [1.29, 1.82) is 5.26 Å². The molecular weight excluding hydrogens is 239 g/mol. The molecule has 1 aromatic rings. The van der Waals surface area contributed by atoms with Crippen LogP contribution in [0.5, 0.6) is 0 Å². The number of nitrogens with one attached hydrogen (secondary N) is 1. The topological polar surface area (TPSA) is 35.8 Å². The van der Waals surface area contributed by atoms with Gasteiger partial charge in [0, 0.05) is 12.6 Å². The molecule has 2 rings (SSSR count). The van der Waals surface area contributed by atoms with E-state index >= 15 is 0 Å². The van der Waals surface area contributed by atoms with E-state index in [-0.39, 0.29) is 5.82 Å². The van der Waals surface area contributed by atoms with E-state index < -0.39 is 0 Å². The molecule has 0 spiro atoms. The van der Waals surface area contributed by atoms with Gasteiger partial charge >= 0.3 is 0 Å². The van der Waals surface area contributed by atoms with Gasteiger partial charge in [-0.15, -0.1) is 0 Å². The Morgan fingerprint density at radius 2 is 2.26 bits per heavy atom. The van der Waals surface area contributed by atoms with Gasteiger partial charge in [-0.25, -0.2) is 4.39 Å². The van der Waals surface area contributed by atoms with E-state index in [2.05, 4.69) is 18.3 Å². The van der Waals surface area contributed by atoms with E-state index in [0.29, 0.717) is 18.2 Å². The zero-order valence-corrected chi connectivity index (χ0v) is 11.5. The molecule has 2 unspecified atom stereocenters. The van der Waals surface area contributed by atoms with Gasteiger partial charge in [0.25, 0.3) is 0 Å². The van der Waals surface area contributed by atoms with Crippen LogP contribution in [0.4, 0.5) is 4.39 Å². The molecule has 1 N–H and O–H groups in total. The summed E-state index contributed by atoms with van der Waals surface area (Å²) in [5.74, 6) is 0.542. The molecule has 0 heterocycles. The highest BCUT2D eigenvalue weighted by molar-refractivity contribution is 5.37. The largest absolute Gasteiger partial charge is 0.310 e. The summed E-state index contributed by atoms with van der Waals surface area (Å²) in [4.78, 5) is 0. The Morgan fingerprint density at radius 3 is 3.00 bits per heavy atom. The monoisotopic (exact) mass is 260 g/mol. The smallest absolute Gasteiger partial charge is 0.123 e. The van der Waals surface area contributed by atoms with Crippen LogP contribution < -0.4 is 5.32 Å². The normalized spacial score (nSPS) is 23.0. The number of halogens is 1. The Morgan fingerprint density at radius 1 is 1.42 bits per heavy atom. The second-order valence-electron chi connectivity index (χ2n) is 5.43. The fourth-order valence-corrected chi connectivity index (χ4v) is 2.92. The van der Waals surface area contributed by atoms with Crippen molar-refractivity contribution in [3.63, 3.8) is 0 Å². The van der Waals surface area contributed by atoms with E-state index in [4.69, 9.17) is 5.26 Å². The molecular formula is C16H21FN2. The van der Waals surface area contributed by atoms with Crippen molar-refractivity contribution in [1.82, 2.24) is 5.32 Å². The van der Waals surface area contributed by atoms with Crippen molar-refractivity contribution < 1.29 is 4.39 Å². The van der Waals surface area contributed by atoms with Crippen LogP contribution >= 0.6 is 0 Å². The van der Waals surface area contributed by atoms with Gasteiger partial charge in [-0.05, 0) is 42.5 Å². The zero-order chi connectivity index (χ0) is 13.7. The summed E-state index contributed by atoms with van der Waals surface area (Å²) in [6.45, 7) is 2.83. The van der Waals surface area contributed by atoms with Crippen LogP contribution in [-0.4, -0.2) is 6.04 Å². The molecule has 19 heavy (non-hydrogen) atoms. The molecule has 3 heteroatoms. The summed E-state index contributed by atoms with van der Waals surface area (Å²) < 4.78 is 13.2. The summed E-state index contributed by atoms with van der Waals surface area (Å²) in [5, 5.41) is 12.5. The SMILES string of the molecule is CCC1CCCC(NCc2cc(F)ccc2C#N)C1. The molecule has 1 aliphatic rings. The van der Waals surface area contributed by atoms with Crippen LogP contribution in [0.3, 0.4) is 0 Å². The third kappa shape index (κ3) is 3.78. The summed E-state index contributed by atoms with van der Waals surface area (Å²) >= 11 is 0. The third-order valence-corrected chi connectivity index (χ3v) is 4.13. The van der Waals surface area contributed by atoms with E-state index in [1.165, 1.54) is 44.2 Å². The van der Waals surface area contributed by atoms with Crippen molar-refractivity contribution in [2.45, 2.75) is 51.6 Å². The van der Waals surface area contributed by atoms with Crippen molar-refractivity contribution in [2.24, 2.45) is 5.92 Å². The molecule has 0 saturated heterocycles. The molecule has 0 amide bonds. The van der Waals surface area contributed by atoms with Crippen LogP contribution in [0, 0.1) is 23.1 Å². The van der Waals surface area contributed by atoms with E-state index in [1.807, 2.05) is 0 Å². The number of nitrogens with zero attached hydrogens (tertiary/aromatic N) is 1. The second kappa shape index (κ2) is 6.68.